The van der Waals surface area contributed by atoms with Crippen LogP contribution < -0.4 is 4.90 Å². The lowest BCUT2D eigenvalue weighted by Gasteiger charge is -2.16. The number of thioether (sulfide) groups is 1. The minimum absolute atomic E-state index is 0.000694. The van der Waals surface area contributed by atoms with Crippen molar-refractivity contribution in [1.82, 2.24) is 15.0 Å². The summed E-state index contributed by atoms with van der Waals surface area (Å²) in [4.78, 5) is 36.5. The standard InChI is InChI=1S/C12H11IN4O2S/c1-6(18)20-7-2-9(19)17(4-7)12-10-8(13)3-14-11(10)15-5-16-12/h3,5,7H,2,4H2,1H3,(H,14,15,16). The molecule has 20 heavy (non-hydrogen) atoms. The lowest BCUT2D eigenvalue weighted by atomic mass is 10.3. The zero-order valence-corrected chi connectivity index (χ0v) is 13.6. The number of carbonyl (C=O) groups excluding carboxylic acids is 2. The van der Waals surface area contributed by atoms with E-state index in [9.17, 15) is 9.59 Å². The summed E-state index contributed by atoms with van der Waals surface area (Å²) in [6, 6.07) is 0. The largest absolute Gasteiger partial charge is 0.345 e. The van der Waals surface area contributed by atoms with Gasteiger partial charge in [0.15, 0.2) is 5.12 Å². The minimum Gasteiger partial charge on any atom is -0.345 e. The number of hydrogen-bond donors (Lipinski definition) is 1. The van der Waals surface area contributed by atoms with Crippen LogP contribution in [-0.2, 0) is 9.59 Å². The number of rotatable bonds is 2. The predicted octanol–water partition coefficient (Wildman–Crippen LogP) is 1.95. The maximum absolute atomic E-state index is 12.2. The molecule has 2 aromatic heterocycles. The molecule has 1 amide bonds. The number of nitrogens with one attached hydrogen (secondary N) is 1. The zero-order chi connectivity index (χ0) is 14.3. The summed E-state index contributed by atoms with van der Waals surface area (Å²) in [5, 5.41) is 0.894. The molecule has 3 rings (SSSR count). The van der Waals surface area contributed by atoms with Crippen molar-refractivity contribution in [3.05, 3.63) is 16.1 Å². The summed E-state index contributed by atoms with van der Waals surface area (Å²) in [5.41, 5.74) is 0.717. The predicted molar refractivity (Wildman–Crippen MR) is 85.6 cm³/mol. The minimum atomic E-state index is 0.000694. The Labute approximate surface area is 132 Å². The van der Waals surface area contributed by atoms with Gasteiger partial charge >= 0.3 is 0 Å². The molecule has 6 nitrogen and oxygen atoms in total. The number of nitrogens with zero attached hydrogens (tertiary/aromatic N) is 3. The van der Waals surface area contributed by atoms with Crippen LogP contribution in [0.4, 0.5) is 5.82 Å². The molecule has 0 radical (unpaired) electrons. The molecule has 0 spiro atoms. The number of fused-ring (bicyclic) bond motifs is 1. The van der Waals surface area contributed by atoms with Crippen LogP contribution in [0.25, 0.3) is 11.0 Å². The van der Waals surface area contributed by atoms with Gasteiger partial charge in [0.05, 0.1) is 5.39 Å². The highest BCUT2D eigenvalue weighted by Crippen LogP contribution is 2.33. The number of anilines is 1. The molecule has 1 N–H and O–H groups in total. The molecular weight excluding hydrogens is 391 g/mol. The lowest BCUT2D eigenvalue weighted by molar-refractivity contribution is -0.117. The third-order valence-electron chi connectivity index (χ3n) is 3.08. The van der Waals surface area contributed by atoms with Crippen molar-refractivity contribution < 1.29 is 9.59 Å². The van der Waals surface area contributed by atoms with E-state index in [1.54, 1.807) is 4.90 Å². The fourth-order valence-electron chi connectivity index (χ4n) is 2.31. The van der Waals surface area contributed by atoms with Crippen LogP contribution in [0.15, 0.2) is 12.5 Å². The molecule has 104 valence electrons. The van der Waals surface area contributed by atoms with Gasteiger partial charge in [-0.1, -0.05) is 11.8 Å². The van der Waals surface area contributed by atoms with Gasteiger partial charge in [0.2, 0.25) is 5.91 Å². The van der Waals surface area contributed by atoms with Crippen LogP contribution in [0.2, 0.25) is 0 Å². The molecule has 3 heterocycles. The Balaban J connectivity index is 1.97. The Morgan fingerprint density at radius 3 is 3.10 bits per heavy atom. The van der Waals surface area contributed by atoms with Gasteiger partial charge in [-0.05, 0) is 22.6 Å². The molecule has 0 saturated carbocycles. The Hall–Kier alpha value is -1.16. The van der Waals surface area contributed by atoms with Crippen LogP contribution in [0, 0.1) is 3.57 Å². The van der Waals surface area contributed by atoms with Crippen molar-refractivity contribution in [1.29, 1.82) is 0 Å². The van der Waals surface area contributed by atoms with Crippen molar-refractivity contribution in [2.45, 2.75) is 18.6 Å². The molecule has 1 fully saturated rings. The molecular formula is C12H11IN4O2S. The van der Waals surface area contributed by atoms with Crippen LogP contribution in [0.5, 0.6) is 0 Å². The van der Waals surface area contributed by atoms with Gasteiger partial charge in [0, 0.05) is 34.9 Å². The molecule has 1 atom stereocenters. The molecule has 0 aromatic carbocycles. The molecule has 1 saturated heterocycles. The molecule has 8 heteroatoms. The summed E-state index contributed by atoms with van der Waals surface area (Å²) < 4.78 is 0.976. The number of carbonyl (C=O) groups is 2. The van der Waals surface area contributed by atoms with E-state index in [2.05, 4.69) is 37.5 Å². The average Bonchev–Trinajstić information content (AvgIpc) is 2.93. The highest BCUT2D eigenvalue weighted by molar-refractivity contribution is 14.1. The maximum Gasteiger partial charge on any atom is 0.229 e. The Bertz CT molecular complexity index is 702. The van der Waals surface area contributed by atoms with Crippen molar-refractivity contribution in [2.75, 3.05) is 11.4 Å². The zero-order valence-electron chi connectivity index (χ0n) is 10.6. The topological polar surface area (TPSA) is 79.0 Å². The summed E-state index contributed by atoms with van der Waals surface area (Å²) in [7, 11) is 0. The first-order chi connectivity index (χ1) is 9.56. The van der Waals surface area contributed by atoms with Crippen molar-refractivity contribution in [3.63, 3.8) is 0 Å². The van der Waals surface area contributed by atoms with Gasteiger partial charge < -0.3 is 4.98 Å². The second-order valence-corrected chi connectivity index (χ2v) is 7.14. The van der Waals surface area contributed by atoms with Gasteiger partial charge in [-0.25, -0.2) is 9.97 Å². The van der Waals surface area contributed by atoms with Crippen molar-refractivity contribution in [2.24, 2.45) is 0 Å². The smallest absolute Gasteiger partial charge is 0.229 e. The fraction of sp³-hybridized carbons (Fsp3) is 0.333. The van der Waals surface area contributed by atoms with Crippen LogP contribution in [-0.4, -0.2) is 37.8 Å². The number of halogens is 1. The Morgan fingerprint density at radius 1 is 1.55 bits per heavy atom. The quantitative estimate of drug-likeness (QED) is 0.777. The first kappa shape index (κ1) is 13.8. The fourth-order valence-corrected chi connectivity index (χ4v) is 3.88. The van der Waals surface area contributed by atoms with E-state index in [0.717, 1.165) is 14.6 Å². The Kier molecular flexibility index (Phi) is 3.67. The van der Waals surface area contributed by atoms with E-state index in [-0.39, 0.29) is 16.3 Å². The van der Waals surface area contributed by atoms with Crippen LogP contribution >= 0.6 is 34.4 Å². The third-order valence-corrected chi connectivity index (χ3v) is 4.91. The highest BCUT2D eigenvalue weighted by Gasteiger charge is 2.34. The number of aromatic amines is 1. The van der Waals surface area contributed by atoms with E-state index >= 15 is 0 Å². The molecule has 0 aliphatic carbocycles. The number of hydrogen-bond acceptors (Lipinski definition) is 5. The molecule has 0 bridgehead atoms. The van der Waals surface area contributed by atoms with E-state index in [1.165, 1.54) is 25.0 Å². The molecule has 2 aromatic rings. The third kappa shape index (κ3) is 2.41. The van der Waals surface area contributed by atoms with E-state index in [4.69, 9.17) is 0 Å². The number of aromatic nitrogens is 3. The van der Waals surface area contributed by atoms with Crippen LogP contribution in [0.1, 0.15) is 13.3 Å². The second kappa shape index (κ2) is 5.32. The van der Waals surface area contributed by atoms with Gasteiger partial charge in [0.1, 0.15) is 17.8 Å². The summed E-state index contributed by atoms with van der Waals surface area (Å²) in [6.45, 7) is 2.03. The van der Waals surface area contributed by atoms with Crippen molar-refractivity contribution >= 4 is 62.2 Å². The van der Waals surface area contributed by atoms with Gasteiger partial charge in [-0.3, -0.25) is 14.5 Å². The first-order valence-corrected chi connectivity index (χ1v) is 7.97. The number of H-pyrrole nitrogens is 1. The van der Waals surface area contributed by atoms with Crippen LogP contribution in [0.3, 0.4) is 0 Å². The average molecular weight is 402 g/mol. The van der Waals surface area contributed by atoms with E-state index < -0.39 is 0 Å². The lowest BCUT2D eigenvalue weighted by Crippen LogP contribution is -2.26. The highest BCUT2D eigenvalue weighted by atomic mass is 127. The summed E-state index contributed by atoms with van der Waals surface area (Å²) in [6.07, 6.45) is 3.66. The summed E-state index contributed by atoms with van der Waals surface area (Å²) in [5.74, 6) is 0.623. The summed E-state index contributed by atoms with van der Waals surface area (Å²) >= 11 is 3.41. The van der Waals surface area contributed by atoms with Crippen molar-refractivity contribution in [3.8, 4) is 0 Å². The van der Waals surface area contributed by atoms with E-state index in [0.29, 0.717) is 18.8 Å². The molecule has 1 unspecified atom stereocenters. The molecule has 1 aliphatic heterocycles. The molecule has 1 aliphatic rings. The monoisotopic (exact) mass is 402 g/mol. The van der Waals surface area contributed by atoms with Gasteiger partial charge in [-0.2, -0.15) is 0 Å². The maximum atomic E-state index is 12.2. The van der Waals surface area contributed by atoms with Gasteiger partial charge in [0.25, 0.3) is 0 Å². The number of amides is 1. The normalized spacial score (nSPS) is 19.0. The first-order valence-electron chi connectivity index (χ1n) is 6.01. The second-order valence-electron chi connectivity index (χ2n) is 4.50. The van der Waals surface area contributed by atoms with E-state index in [1.807, 2.05) is 6.20 Å². The Morgan fingerprint density at radius 2 is 2.35 bits per heavy atom. The SMILES string of the molecule is CC(=O)SC1CC(=O)N(c2ncnc3[nH]cc(I)c23)C1. The van der Waals surface area contributed by atoms with Gasteiger partial charge in [-0.15, -0.1) is 0 Å².